The van der Waals surface area contributed by atoms with Crippen molar-refractivity contribution >= 4 is 16.7 Å². The minimum Gasteiger partial charge on any atom is -0.481 e. The van der Waals surface area contributed by atoms with Gasteiger partial charge in [-0.1, -0.05) is 12.1 Å². The summed E-state index contributed by atoms with van der Waals surface area (Å²) in [4.78, 5) is 14.8. The first-order valence-electron chi connectivity index (χ1n) is 4.75. The van der Waals surface area contributed by atoms with Crippen molar-refractivity contribution in [2.75, 3.05) is 0 Å². The van der Waals surface area contributed by atoms with Crippen LogP contribution < -0.4 is 0 Å². The van der Waals surface area contributed by atoms with Gasteiger partial charge in [-0.25, -0.2) is 0 Å². The van der Waals surface area contributed by atoms with Crippen LogP contribution in [0.5, 0.6) is 0 Å². The average molecular weight is 201 g/mol. The number of carbonyl (C=O) groups is 1. The Bertz CT molecular complexity index is 508. The Hall–Kier alpha value is -1.90. The van der Waals surface area contributed by atoms with E-state index in [0.717, 1.165) is 16.3 Å². The quantitative estimate of drug-likeness (QED) is 0.811. The molecule has 0 aliphatic rings. The SMILES string of the molecule is CC(C(=O)O)c1ccc2ccncc2c1. The van der Waals surface area contributed by atoms with Crippen LogP contribution in [0.3, 0.4) is 0 Å². The van der Waals surface area contributed by atoms with Crippen molar-refractivity contribution in [2.24, 2.45) is 0 Å². The highest BCUT2D eigenvalue weighted by molar-refractivity contribution is 5.84. The van der Waals surface area contributed by atoms with E-state index < -0.39 is 11.9 Å². The second-order valence-corrected chi connectivity index (χ2v) is 3.54. The fraction of sp³-hybridized carbons (Fsp3) is 0.167. The maximum absolute atomic E-state index is 10.8. The monoisotopic (exact) mass is 201 g/mol. The van der Waals surface area contributed by atoms with Gasteiger partial charge in [0.15, 0.2) is 0 Å². The number of aromatic nitrogens is 1. The Morgan fingerprint density at radius 1 is 1.33 bits per heavy atom. The topological polar surface area (TPSA) is 50.2 Å². The lowest BCUT2D eigenvalue weighted by Gasteiger charge is -2.07. The molecule has 0 bridgehead atoms. The molecule has 1 aromatic carbocycles. The Balaban J connectivity index is 2.51. The summed E-state index contributed by atoms with van der Waals surface area (Å²) in [5.74, 6) is -1.28. The molecule has 1 unspecified atom stereocenters. The highest BCUT2D eigenvalue weighted by Gasteiger charge is 2.13. The number of nitrogens with zero attached hydrogens (tertiary/aromatic N) is 1. The molecule has 1 aromatic heterocycles. The third-order valence-corrected chi connectivity index (χ3v) is 2.54. The predicted molar refractivity (Wildman–Crippen MR) is 57.8 cm³/mol. The Morgan fingerprint density at radius 2 is 2.13 bits per heavy atom. The van der Waals surface area contributed by atoms with Crippen molar-refractivity contribution in [3.63, 3.8) is 0 Å². The first-order chi connectivity index (χ1) is 7.18. The van der Waals surface area contributed by atoms with Gasteiger partial charge in [-0.3, -0.25) is 9.78 Å². The van der Waals surface area contributed by atoms with E-state index in [1.807, 2.05) is 24.3 Å². The van der Waals surface area contributed by atoms with E-state index in [2.05, 4.69) is 4.98 Å². The second kappa shape index (κ2) is 3.69. The molecular weight excluding hydrogens is 190 g/mol. The molecule has 2 rings (SSSR count). The van der Waals surface area contributed by atoms with Gasteiger partial charge < -0.3 is 5.11 Å². The van der Waals surface area contributed by atoms with E-state index in [4.69, 9.17) is 5.11 Å². The van der Waals surface area contributed by atoms with Gasteiger partial charge in [-0.15, -0.1) is 0 Å². The van der Waals surface area contributed by atoms with Crippen LogP contribution in [0.1, 0.15) is 18.4 Å². The van der Waals surface area contributed by atoms with E-state index in [-0.39, 0.29) is 0 Å². The number of hydrogen-bond donors (Lipinski definition) is 1. The van der Waals surface area contributed by atoms with E-state index in [1.54, 1.807) is 19.3 Å². The molecule has 1 N–H and O–H groups in total. The molecule has 3 heteroatoms. The smallest absolute Gasteiger partial charge is 0.310 e. The van der Waals surface area contributed by atoms with Crippen LogP contribution in [0.15, 0.2) is 36.7 Å². The third kappa shape index (κ3) is 1.81. The van der Waals surface area contributed by atoms with Gasteiger partial charge in [0.05, 0.1) is 5.92 Å². The number of carboxylic acids is 1. The van der Waals surface area contributed by atoms with Gasteiger partial charge >= 0.3 is 5.97 Å². The number of rotatable bonds is 2. The molecule has 76 valence electrons. The summed E-state index contributed by atoms with van der Waals surface area (Å²) in [6, 6.07) is 7.55. The number of pyridine rings is 1. The van der Waals surface area contributed by atoms with Crippen molar-refractivity contribution in [1.82, 2.24) is 4.98 Å². The number of benzene rings is 1. The first-order valence-corrected chi connectivity index (χ1v) is 4.75. The zero-order chi connectivity index (χ0) is 10.8. The number of fused-ring (bicyclic) bond motifs is 1. The van der Waals surface area contributed by atoms with Gasteiger partial charge in [-0.2, -0.15) is 0 Å². The Labute approximate surface area is 87.4 Å². The maximum Gasteiger partial charge on any atom is 0.310 e. The first kappa shape index (κ1) is 9.65. The van der Waals surface area contributed by atoms with E-state index >= 15 is 0 Å². The molecule has 0 aliphatic carbocycles. The summed E-state index contributed by atoms with van der Waals surface area (Å²) in [5.41, 5.74) is 0.808. The van der Waals surface area contributed by atoms with Gasteiger partial charge in [0.25, 0.3) is 0 Å². The van der Waals surface area contributed by atoms with Crippen LogP contribution in [0.2, 0.25) is 0 Å². The molecule has 1 atom stereocenters. The van der Waals surface area contributed by atoms with Crippen molar-refractivity contribution in [1.29, 1.82) is 0 Å². The largest absolute Gasteiger partial charge is 0.481 e. The molecule has 0 spiro atoms. The average Bonchev–Trinajstić information content (AvgIpc) is 2.27. The van der Waals surface area contributed by atoms with Crippen molar-refractivity contribution in [3.8, 4) is 0 Å². The fourth-order valence-corrected chi connectivity index (χ4v) is 1.52. The molecule has 15 heavy (non-hydrogen) atoms. The van der Waals surface area contributed by atoms with Crippen LogP contribution in [0, 0.1) is 0 Å². The molecule has 0 fully saturated rings. The molecule has 0 aliphatic heterocycles. The van der Waals surface area contributed by atoms with Crippen molar-refractivity contribution in [2.45, 2.75) is 12.8 Å². The van der Waals surface area contributed by atoms with Crippen LogP contribution >= 0.6 is 0 Å². The predicted octanol–water partition coefficient (Wildman–Crippen LogP) is 2.42. The molecule has 0 amide bonds. The third-order valence-electron chi connectivity index (χ3n) is 2.54. The van der Waals surface area contributed by atoms with E-state index in [0.29, 0.717) is 0 Å². The summed E-state index contributed by atoms with van der Waals surface area (Å²) in [6.07, 6.45) is 3.47. The summed E-state index contributed by atoms with van der Waals surface area (Å²) in [5, 5.41) is 10.9. The van der Waals surface area contributed by atoms with Gasteiger partial charge in [-0.05, 0) is 30.0 Å². The normalized spacial score (nSPS) is 12.6. The highest BCUT2D eigenvalue weighted by atomic mass is 16.4. The highest BCUT2D eigenvalue weighted by Crippen LogP contribution is 2.20. The maximum atomic E-state index is 10.8. The van der Waals surface area contributed by atoms with Crippen molar-refractivity contribution in [3.05, 3.63) is 42.2 Å². The fourth-order valence-electron chi connectivity index (χ4n) is 1.52. The summed E-state index contributed by atoms with van der Waals surface area (Å²) >= 11 is 0. The lowest BCUT2D eigenvalue weighted by molar-refractivity contribution is -0.138. The van der Waals surface area contributed by atoms with E-state index in [9.17, 15) is 4.79 Å². The standard InChI is InChI=1S/C12H11NO2/c1-8(12(14)15)10-3-2-9-4-5-13-7-11(9)6-10/h2-8H,1H3,(H,14,15). The minimum absolute atomic E-state index is 0.477. The van der Waals surface area contributed by atoms with Crippen LogP contribution in [-0.4, -0.2) is 16.1 Å². The lowest BCUT2D eigenvalue weighted by Crippen LogP contribution is -2.06. The molecule has 1 heterocycles. The number of hydrogen-bond acceptors (Lipinski definition) is 2. The molecular formula is C12H11NO2. The number of aliphatic carboxylic acids is 1. The Kier molecular flexibility index (Phi) is 2.37. The van der Waals surface area contributed by atoms with Gasteiger partial charge in [0.1, 0.15) is 0 Å². The zero-order valence-electron chi connectivity index (χ0n) is 8.34. The van der Waals surface area contributed by atoms with Crippen LogP contribution in [-0.2, 0) is 4.79 Å². The molecule has 0 saturated carbocycles. The molecule has 2 aromatic rings. The van der Waals surface area contributed by atoms with Gasteiger partial charge in [0.2, 0.25) is 0 Å². The van der Waals surface area contributed by atoms with Crippen LogP contribution in [0.25, 0.3) is 10.8 Å². The Morgan fingerprint density at radius 3 is 2.87 bits per heavy atom. The second-order valence-electron chi connectivity index (χ2n) is 3.54. The minimum atomic E-state index is -0.807. The molecule has 0 radical (unpaired) electrons. The summed E-state index contributed by atoms with van der Waals surface area (Å²) < 4.78 is 0. The molecule has 0 saturated heterocycles. The molecule has 3 nitrogen and oxygen atoms in total. The zero-order valence-corrected chi connectivity index (χ0v) is 8.34. The van der Waals surface area contributed by atoms with Crippen molar-refractivity contribution < 1.29 is 9.90 Å². The summed E-state index contributed by atoms with van der Waals surface area (Å²) in [7, 11) is 0. The lowest BCUT2D eigenvalue weighted by atomic mass is 9.99. The number of carboxylic acid groups (broad SMARTS) is 1. The van der Waals surface area contributed by atoms with Gasteiger partial charge in [0, 0.05) is 17.8 Å². The van der Waals surface area contributed by atoms with Crippen LogP contribution in [0.4, 0.5) is 0 Å². The summed E-state index contributed by atoms with van der Waals surface area (Å²) in [6.45, 7) is 1.68. The van der Waals surface area contributed by atoms with E-state index in [1.165, 1.54) is 0 Å².